The van der Waals surface area contributed by atoms with Crippen LogP contribution in [0.1, 0.15) is 43.7 Å². The zero-order chi connectivity index (χ0) is 16.9. The molecule has 1 saturated heterocycles. The molecule has 1 heterocycles. The Morgan fingerprint density at radius 2 is 1.87 bits per heavy atom. The highest BCUT2D eigenvalue weighted by molar-refractivity contribution is 5.84. The molecular weight excluding hydrogens is 290 g/mol. The lowest BCUT2D eigenvalue weighted by Crippen LogP contribution is -2.45. The second kappa shape index (κ2) is 7.93. The van der Waals surface area contributed by atoms with E-state index in [2.05, 4.69) is 19.2 Å². The molecule has 1 unspecified atom stereocenters. The minimum absolute atomic E-state index is 0.0446. The lowest BCUT2D eigenvalue weighted by molar-refractivity contribution is -0.124. The molecule has 0 aliphatic carbocycles. The van der Waals surface area contributed by atoms with Crippen molar-refractivity contribution in [2.24, 2.45) is 11.3 Å². The van der Waals surface area contributed by atoms with Gasteiger partial charge < -0.3 is 15.2 Å². The van der Waals surface area contributed by atoms with Crippen molar-refractivity contribution in [1.82, 2.24) is 5.32 Å². The van der Waals surface area contributed by atoms with E-state index >= 15 is 0 Å². The second-order valence-corrected chi connectivity index (χ2v) is 7.12. The van der Waals surface area contributed by atoms with Crippen molar-refractivity contribution in [1.29, 1.82) is 0 Å². The molecule has 1 aliphatic heterocycles. The van der Waals surface area contributed by atoms with E-state index in [9.17, 15) is 9.90 Å². The molecule has 4 nitrogen and oxygen atoms in total. The maximum absolute atomic E-state index is 12.7. The molecule has 1 amide bonds. The van der Waals surface area contributed by atoms with Crippen LogP contribution in [-0.2, 0) is 9.53 Å². The van der Waals surface area contributed by atoms with Crippen LogP contribution in [0, 0.1) is 18.3 Å². The van der Waals surface area contributed by atoms with Gasteiger partial charge in [0.25, 0.3) is 0 Å². The fraction of sp³-hybridized carbons (Fsp3) is 0.632. The van der Waals surface area contributed by atoms with Gasteiger partial charge in [-0.2, -0.15) is 0 Å². The van der Waals surface area contributed by atoms with Gasteiger partial charge in [0.2, 0.25) is 5.91 Å². The van der Waals surface area contributed by atoms with E-state index in [1.165, 1.54) is 5.56 Å². The van der Waals surface area contributed by atoms with Crippen LogP contribution in [-0.4, -0.2) is 37.4 Å². The number of ether oxygens (including phenoxy) is 1. The van der Waals surface area contributed by atoms with E-state index in [1.807, 2.05) is 31.2 Å². The van der Waals surface area contributed by atoms with E-state index in [-0.39, 0.29) is 29.8 Å². The summed E-state index contributed by atoms with van der Waals surface area (Å²) in [5.41, 5.74) is 2.01. The van der Waals surface area contributed by atoms with Crippen LogP contribution in [0.15, 0.2) is 24.3 Å². The topological polar surface area (TPSA) is 58.6 Å². The van der Waals surface area contributed by atoms with Gasteiger partial charge in [-0.15, -0.1) is 0 Å². The highest BCUT2D eigenvalue weighted by Crippen LogP contribution is 2.30. The zero-order valence-corrected chi connectivity index (χ0v) is 14.5. The van der Waals surface area contributed by atoms with Crippen LogP contribution < -0.4 is 5.32 Å². The summed E-state index contributed by atoms with van der Waals surface area (Å²) in [7, 11) is 0. The summed E-state index contributed by atoms with van der Waals surface area (Å²) in [6.45, 7) is 8.10. The van der Waals surface area contributed by atoms with E-state index in [4.69, 9.17) is 4.74 Å². The average molecular weight is 319 g/mol. The Morgan fingerprint density at radius 3 is 2.39 bits per heavy atom. The third kappa shape index (κ3) is 4.55. The van der Waals surface area contributed by atoms with E-state index < -0.39 is 0 Å². The first-order valence-corrected chi connectivity index (χ1v) is 8.50. The molecule has 23 heavy (non-hydrogen) atoms. The summed E-state index contributed by atoms with van der Waals surface area (Å²) in [6.07, 6.45) is 1.58. The number of aliphatic hydroxyl groups excluding tert-OH is 1. The first-order chi connectivity index (χ1) is 11.0. The molecule has 2 N–H and O–H groups in total. The van der Waals surface area contributed by atoms with Gasteiger partial charge in [-0.3, -0.25) is 4.79 Å². The summed E-state index contributed by atoms with van der Waals surface area (Å²) in [5.74, 6) is 0.104. The Balaban J connectivity index is 2.05. The van der Waals surface area contributed by atoms with Crippen LogP contribution in [0.25, 0.3) is 0 Å². The number of benzene rings is 1. The minimum Gasteiger partial charge on any atom is -0.396 e. The summed E-state index contributed by atoms with van der Waals surface area (Å²) in [4.78, 5) is 12.7. The molecule has 0 bridgehead atoms. The maximum Gasteiger partial charge on any atom is 0.227 e. The SMILES string of the molecule is Cc1ccc(C(C(=O)NCC2(CO)CCOCC2)C(C)C)cc1. The minimum atomic E-state index is -0.233. The fourth-order valence-corrected chi connectivity index (χ4v) is 3.19. The number of aliphatic hydroxyl groups is 1. The highest BCUT2D eigenvalue weighted by atomic mass is 16.5. The Bertz CT molecular complexity index is 504. The first-order valence-electron chi connectivity index (χ1n) is 8.50. The van der Waals surface area contributed by atoms with Crippen molar-refractivity contribution in [3.8, 4) is 0 Å². The van der Waals surface area contributed by atoms with Gasteiger partial charge in [-0.25, -0.2) is 0 Å². The van der Waals surface area contributed by atoms with Gasteiger partial charge in [-0.05, 0) is 31.2 Å². The van der Waals surface area contributed by atoms with E-state index in [1.54, 1.807) is 0 Å². The Hall–Kier alpha value is -1.39. The smallest absolute Gasteiger partial charge is 0.227 e. The Labute approximate surface area is 139 Å². The van der Waals surface area contributed by atoms with Crippen molar-refractivity contribution in [2.45, 2.75) is 39.5 Å². The third-order valence-electron chi connectivity index (χ3n) is 4.91. The maximum atomic E-state index is 12.7. The van der Waals surface area contributed by atoms with Crippen LogP contribution in [0.5, 0.6) is 0 Å². The third-order valence-corrected chi connectivity index (χ3v) is 4.91. The number of hydrogen-bond acceptors (Lipinski definition) is 3. The quantitative estimate of drug-likeness (QED) is 0.847. The number of carbonyl (C=O) groups is 1. The standard InChI is InChI=1S/C19H29NO3/c1-14(2)17(16-6-4-15(3)5-7-16)18(22)20-12-19(13-21)8-10-23-11-9-19/h4-7,14,17,21H,8-13H2,1-3H3,(H,20,22). The van der Waals surface area contributed by atoms with Gasteiger partial charge in [-0.1, -0.05) is 43.7 Å². The van der Waals surface area contributed by atoms with Crippen molar-refractivity contribution in [3.63, 3.8) is 0 Å². The lowest BCUT2D eigenvalue weighted by Gasteiger charge is -2.36. The number of aryl methyl sites for hydroxylation is 1. The fourth-order valence-electron chi connectivity index (χ4n) is 3.19. The van der Waals surface area contributed by atoms with E-state index in [0.717, 1.165) is 18.4 Å². The number of hydrogen-bond donors (Lipinski definition) is 2. The summed E-state index contributed by atoms with van der Waals surface area (Å²) >= 11 is 0. The molecule has 1 fully saturated rings. The van der Waals surface area contributed by atoms with Gasteiger partial charge in [0.1, 0.15) is 0 Å². The summed E-state index contributed by atoms with van der Waals surface area (Å²) in [5, 5.41) is 12.8. The molecule has 1 aromatic carbocycles. The number of rotatable bonds is 6. The van der Waals surface area contributed by atoms with Gasteiger partial charge in [0.05, 0.1) is 12.5 Å². The second-order valence-electron chi connectivity index (χ2n) is 7.12. The van der Waals surface area contributed by atoms with Crippen molar-refractivity contribution < 1.29 is 14.6 Å². The average Bonchev–Trinajstić information content (AvgIpc) is 2.55. The Kier molecular flexibility index (Phi) is 6.19. The molecule has 4 heteroatoms. The molecule has 0 saturated carbocycles. The van der Waals surface area contributed by atoms with Crippen LogP contribution >= 0.6 is 0 Å². The predicted octanol–water partition coefficient (Wildman–Crippen LogP) is 2.64. The van der Waals surface area contributed by atoms with E-state index in [0.29, 0.717) is 19.8 Å². The van der Waals surface area contributed by atoms with Gasteiger partial charge in [0, 0.05) is 25.2 Å². The molecule has 0 aromatic heterocycles. The lowest BCUT2D eigenvalue weighted by atomic mass is 9.80. The van der Waals surface area contributed by atoms with Crippen LogP contribution in [0.4, 0.5) is 0 Å². The largest absolute Gasteiger partial charge is 0.396 e. The van der Waals surface area contributed by atoms with Gasteiger partial charge >= 0.3 is 0 Å². The molecular formula is C19H29NO3. The van der Waals surface area contributed by atoms with Crippen molar-refractivity contribution in [3.05, 3.63) is 35.4 Å². The van der Waals surface area contributed by atoms with Crippen LogP contribution in [0.3, 0.4) is 0 Å². The molecule has 1 atom stereocenters. The molecule has 0 radical (unpaired) electrons. The number of carbonyl (C=O) groups excluding carboxylic acids is 1. The van der Waals surface area contributed by atoms with Gasteiger partial charge in [0.15, 0.2) is 0 Å². The summed E-state index contributed by atoms with van der Waals surface area (Å²) in [6, 6.07) is 8.17. The molecule has 1 aromatic rings. The number of amides is 1. The summed E-state index contributed by atoms with van der Waals surface area (Å²) < 4.78 is 5.38. The van der Waals surface area contributed by atoms with Crippen molar-refractivity contribution >= 4 is 5.91 Å². The molecule has 128 valence electrons. The predicted molar refractivity (Wildman–Crippen MR) is 91.3 cm³/mol. The highest BCUT2D eigenvalue weighted by Gasteiger charge is 2.33. The molecule has 2 rings (SSSR count). The monoisotopic (exact) mass is 319 g/mol. The van der Waals surface area contributed by atoms with Crippen molar-refractivity contribution in [2.75, 3.05) is 26.4 Å². The first kappa shape index (κ1) is 18.0. The Morgan fingerprint density at radius 1 is 1.26 bits per heavy atom. The number of nitrogens with one attached hydrogen (secondary N) is 1. The molecule has 0 spiro atoms. The zero-order valence-electron chi connectivity index (χ0n) is 14.5. The van der Waals surface area contributed by atoms with Crippen LogP contribution in [0.2, 0.25) is 0 Å². The normalized spacial score (nSPS) is 18.7. The molecule has 1 aliphatic rings.